The maximum absolute atomic E-state index is 11.4. The number of aromatic nitrogens is 3. The fourth-order valence-electron chi connectivity index (χ4n) is 2.28. The fourth-order valence-corrected chi connectivity index (χ4v) is 2.28. The minimum Gasteiger partial charge on any atom is -0.493 e. The van der Waals surface area contributed by atoms with E-state index in [9.17, 15) is 9.90 Å². The molecule has 0 saturated heterocycles. The summed E-state index contributed by atoms with van der Waals surface area (Å²) in [6.45, 7) is 2.60. The molecule has 2 aromatic rings. The molecule has 0 unspecified atom stereocenters. The van der Waals surface area contributed by atoms with Gasteiger partial charge in [0.25, 0.3) is 0 Å². The summed E-state index contributed by atoms with van der Waals surface area (Å²) in [5.41, 5.74) is 1.55. The Morgan fingerprint density at radius 2 is 2.26 bits per heavy atom. The molecule has 0 aliphatic carbocycles. The number of hydrogen-bond acceptors (Lipinski definition) is 4. The maximum atomic E-state index is 11.4. The number of hydrogen-bond donors (Lipinski definition) is 1. The average Bonchev–Trinajstić information content (AvgIpc) is 2.76. The number of rotatable bonds is 1. The van der Waals surface area contributed by atoms with Crippen LogP contribution in [0, 0.1) is 0 Å². The topological polar surface area (TPSA) is 71.2 Å². The number of pyridine rings is 1. The molecule has 2 aromatic heterocycles. The number of amides is 1. The Labute approximate surface area is 110 Å². The summed E-state index contributed by atoms with van der Waals surface area (Å²) < 4.78 is 1.42. The summed E-state index contributed by atoms with van der Waals surface area (Å²) >= 11 is 0. The van der Waals surface area contributed by atoms with Gasteiger partial charge in [0.2, 0.25) is 11.8 Å². The van der Waals surface area contributed by atoms with E-state index in [0.717, 1.165) is 11.3 Å². The van der Waals surface area contributed by atoms with Crippen LogP contribution in [0.2, 0.25) is 0 Å². The van der Waals surface area contributed by atoms with E-state index in [1.165, 1.54) is 4.68 Å². The molecule has 0 fully saturated rings. The molecule has 1 aliphatic heterocycles. The van der Waals surface area contributed by atoms with Crippen LogP contribution in [0.3, 0.4) is 0 Å². The molecular formula is C13H14N4O2. The second kappa shape index (κ2) is 4.38. The molecule has 0 saturated carbocycles. The van der Waals surface area contributed by atoms with E-state index in [4.69, 9.17) is 0 Å². The smallest absolute Gasteiger partial charge is 0.219 e. The van der Waals surface area contributed by atoms with Crippen LogP contribution in [-0.2, 0) is 17.8 Å². The Bertz CT molecular complexity index is 621. The van der Waals surface area contributed by atoms with Crippen LogP contribution >= 0.6 is 0 Å². The van der Waals surface area contributed by atoms with Crippen LogP contribution in [0.5, 0.6) is 5.88 Å². The Balaban J connectivity index is 2.01. The van der Waals surface area contributed by atoms with Crippen molar-refractivity contribution in [3.8, 4) is 11.7 Å². The van der Waals surface area contributed by atoms with Crippen molar-refractivity contribution in [1.29, 1.82) is 0 Å². The van der Waals surface area contributed by atoms with Crippen molar-refractivity contribution in [3.63, 3.8) is 0 Å². The third kappa shape index (κ3) is 1.95. The molecule has 0 radical (unpaired) electrons. The minimum atomic E-state index is 0.0255. The Kier molecular flexibility index (Phi) is 2.70. The molecule has 6 nitrogen and oxygen atoms in total. The van der Waals surface area contributed by atoms with E-state index in [-0.39, 0.29) is 11.8 Å². The molecule has 1 N–H and O–H groups in total. The van der Waals surface area contributed by atoms with Gasteiger partial charge in [0.05, 0.1) is 12.2 Å². The lowest BCUT2D eigenvalue weighted by atomic mass is 10.1. The molecule has 3 heterocycles. The van der Waals surface area contributed by atoms with Crippen LogP contribution in [-0.4, -0.2) is 37.2 Å². The van der Waals surface area contributed by atoms with Crippen LogP contribution in [0.4, 0.5) is 0 Å². The summed E-state index contributed by atoms with van der Waals surface area (Å²) in [7, 11) is 0. The first-order valence-corrected chi connectivity index (χ1v) is 6.13. The first-order valence-electron chi connectivity index (χ1n) is 6.13. The lowest BCUT2D eigenvalue weighted by molar-refractivity contribution is -0.129. The van der Waals surface area contributed by atoms with Crippen molar-refractivity contribution in [2.75, 3.05) is 6.54 Å². The van der Waals surface area contributed by atoms with Gasteiger partial charge in [-0.2, -0.15) is 9.78 Å². The molecule has 19 heavy (non-hydrogen) atoms. The number of carbonyl (C=O) groups is 1. The highest BCUT2D eigenvalue weighted by atomic mass is 16.3. The van der Waals surface area contributed by atoms with Crippen LogP contribution in [0.25, 0.3) is 5.82 Å². The third-order valence-electron chi connectivity index (χ3n) is 3.32. The molecular weight excluding hydrogens is 244 g/mol. The molecule has 0 spiro atoms. The van der Waals surface area contributed by atoms with Gasteiger partial charge in [0.1, 0.15) is 0 Å². The molecule has 1 aliphatic rings. The largest absolute Gasteiger partial charge is 0.493 e. The molecule has 6 heteroatoms. The van der Waals surface area contributed by atoms with Gasteiger partial charge in [-0.15, -0.1) is 0 Å². The Hall–Kier alpha value is -2.37. The van der Waals surface area contributed by atoms with E-state index in [1.54, 1.807) is 30.2 Å². The highest BCUT2D eigenvalue weighted by Gasteiger charge is 2.26. The summed E-state index contributed by atoms with van der Waals surface area (Å²) in [5.74, 6) is 0.721. The van der Waals surface area contributed by atoms with Gasteiger partial charge in [-0.05, 0) is 18.6 Å². The van der Waals surface area contributed by atoms with Crippen LogP contribution in [0.15, 0.2) is 24.4 Å². The van der Waals surface area contributed by atoms with Crippen molar-refractivity contribution >= 4 is 5.91 Å². The molecule has 0 atom stereocenters. The first-order chi connectivity index (χ1) is 9.16. The fraction of sp³-hybridized carbons (Fsp3) is 0.308. The second-order valence-corrected chi connectivity index (χ2v) is 4.54. The van der Waals surface area contributed by atoms with Crippen molar-refractivity contribution < 1.29 is 9.90 Å². The van der Waals surface area contributed by atoms with Gasteiger partial charge in [0, 0.05) is 25.2 Å². The monoisotopic (exact) mass is 258 g/mol. The van der Waals surface area contributed by atoms with Crippen molar-refractivity contribution in [3.05, 3.63) is 35.7 Å². The van der Waals surface area contributed by atoms with E-state index < -0.39 is 0 Å². The maximum Gasteiger partial charge on any atom is 0.219 e. The molecule has 3 rings (SSSR count). The Morgan fingerprint density at radius 1 is 1.42 bits per heavy atom. The predicted octanol–water partition coefficient (Wildman–Crippen LogP) is 0.878. The highest BCUT2D eigenvalue weighted by Crippen LogP contribution is 2.28. The standard InChI is InChI=1S/C13H14N4O2/c1-9(18)16-7-5-10-11(8-16)15-17(13(10)19)12-4-2-3-6-14-12/h2-4,6,19H,5,7-8H2,1H3. The van der Waals surface area contributed by atoms with Crippen molar-refractivity contribution in [1.82, 2.24) is 19.7 Å². The summed E-state index contributed by atoms with van der Waals surface area (Å²) in [4.78, 5) is 17.3. The molecule has 98 valence electrons. The van der Waals surface area contributed by atoms with Gasteiger partial charge < -0.3 is 10.0 Å². The van der Waals surface area contributed by atoms with E-state index in [0.29, 0.717) is 25.3 Å². The average molecular weight is 258 g/mol. The quantitative estimate of drug-likeness (QED) is 0.824. The van der Waals surface area contributed by atoms with E-state index >= 15 is 0 Å². The SMILES string of the molecule is CC(=O)N1CCc2c(nn(-c3ccccn3)c2O)C1. The van der Waals surface area contributed by atoms with Gasteiger partial charge in [-0.3, -0.25) is 4.79 Å². The van der Waals surface area contributed by atoms with Crippen molar-refractivity contribution in [2.24, 2.45) is 0 Å². The summed E-state index contributed by atoms with van der Waals surface area (Å²) in [5, 5.41) is 14.6. The van der Waals surface area contributed by atoms with E-state index in [2.05, 4.69) is 10.1 Å². The van der Waals surface area contributed by atoms with Gasteiger partial charge >= 0.3 is 0 Å². The first kappa shape index (κ1) is 11.7. The van der Waals surface area contributed by atoms with Crippen molar-refractivity contribution in [2.45, 2.75) is 19.9 Å². The lowest BCUT2D eigenvalue weighted by Crippen LogP contribution is -2.34. The zero-order valence-electron chi connectivity index (χ0n) is 10.6. The number of aromatic hydroxyl groups is 1. The molecule has 0 aromatic carbocycles. The Morgan fingerprint density at radius 3 is 2.95 bits per heavy atom. The number of carbonyl (C=O) groups excluding carboxylic acids is 1. The van der Waals surface area contributed by atoms with Gasteiger partial charge in [0.15, 0.2) is 5.82 Å². The predicted molar refractivity (Wildman–Crippen MR) is 67.8 cm³/mol. The summed E-state index contributed by atoms with van der Waals surface area (Å²) in [6.07, 6.45) is 2.27. The van der Waals surface area contributed by atoms with E-state index in [1.807, 2.05) is 6.07 Å². The number of nitrogens with zero attached hydrogens (tertiary/aromatic N) is 4. The normalized spacial score (nSPS) is 14.3. The molecule has 0 bridgehead atoms. The molecule has 1 amide bonds. The highest BCUT2D eigenvalue weighted by molar-refractivity contribution is 5.73. The number of fused-ring (bicyclic) bond motifs is 1. The van der Waals surface area contributed by atoms with Gasteiger partial charge in [-0.1, -0.05) is 6.07 Å². The zero-order chi connectivity index (χ0) is 13.4. The zero-order valence-corrected chi connectivity index (χ0v) is 10.6. The summed E-state index contributed by atoms with van der Waals surface area (Å²) in [6, 6.07) is 5.42. The van der Waals surface area contributed by atoms with Crippen LogP contribution < -0.4 is 0 Å². The lowest BCUT2D eigenvalue weighted by Gasteiger charge is -2.24. The van der Waals surface area contributed by atoms with Gasteiger partial charge in [-0.25, -0.2) is 4.98 Å². The second-order valence-electron chi connectivity index (χ2n) is 4.54. The van der Waals surface area contributed by atoms with Crippen LogP contribution in [0.1, 0.15) is 18.2 Å². The minimum absolute atomic E-state index is 0.0255. The third-order valence-corrected chi connectivity index (χ3v) is 3.32.